The number of nitrogens with zero attached hydrogens (tertiary/aromatic N) is 1. The van der Waals surface area contributed by atoms with E-state index in [0.29, 0.717) is 5.92 Å². The minimum absolute atomic E-state index is 0.0884. The Balaban J connectivity index is 2.63. The Kier molecular flexibility index (Phi) is 5.02. The van der Waals surface area contributed by atoms with E-state index in [0.717, 1.165) is 24.6 Å². The van der Waals surface area contributed by atoms with Crippen LogP contribution in [0.3, 0.4) is 0 Å². The van der Waals surface area contributed by atoms with Gasteiger partial charge in [-0.05, 0) is 18.8 Å². The maximum atomic E-state index is 11.7. The van der Waals surface area contributed by atoms with Crippen LogP contribution in [0.15, 0.2) is 0 Å². The Morgan fingerprint density at radius 3 is 2.47 bits per heavy atom. The highest BCUT2D eigenvalue weighted by Gasteiger charge is 2.28. The quantitative estimate of drug-likeness (QED) is 0.796. The summed E-state index contributed by atoms with van der Waals surface area (Å²) in [5.74, 6) is 0.425. The Morgan fingerprint density at radius 1 is 1.33 bits per heavy atom. The average Bonchev–Trinajstić information content (AvgIpc) is 2.18. The van der Waals surface area contributed by atoms with Crippen molar-refractivity contribution in [2.75, 3.05) is 19.4 Å². The first kappa shape index (κ1) is 13.4. The Hall–Kier alpha value is 0.350. The smallest absolute Gasteiger partial charge is 0.199 e. The van der Waals surface area contributed by atoms with Crippen LogP contribution in [0.4, 0.5) is 0 Å². The van der Waals surface area contributed by atoms with Gasteiger partial charge in [-0.2, -0.15) is 17.4 Å². The zero-order valence-electron chi connectivity index (χ0n) is 9.24. The number of hydrogen-bond donors (Lipinski definition) is 1. The fraction of sp³-hybridized carbons (Fsp3) is 1.00. The number of alkyl halides is 1. The van der Waals surface area contributed by atoms with Crippen LogP contribution in [-0.4, -0.2) is 38.2 Å². The summed E-state index contributed by atoms with van der Waals surface area (Å²) in [6, 6.07) is 0.0884. The SMILES string of the molecule is CN(C)S(=O)(=O)NC1CCCCC1CBr. The first-order valence-electron chi connectivity index (χ1n) is 5.23. The van der Waals surface area contributed by atoms with E-state index in [1.807, 2.05) is 0 Å². The van der Waals surface area contributed by atoms with Gasteiger partial charge in [0.15, 0.2) is 0 Å². The summed E-state index contributed by atoms with van der Waals surface area (Å²) in [5.41, 5.74) is 0. The van der Waals surface area contributed by atoms with Crippen molar-refractivity contribution in [2.45, 2.75) is 31.7 Å². The van der Waals surface area contributed by atoms with Crippen LogP contribution in [0.25, 0.3) is 0 Å². The second-order valence-electron chi connectivity index (χ2n) is 4.21. The number of nitrogens with one attached hydrogen (secondary N) is 1. The van der Waals surface area contributed by atoms with Gasteiger partial charge in [-0.15, -0.1) is 0 Å². The van der Waals surface area contributed by atoms with E-state index in [1.165, 1.54) is 10.7 Å². The van der Waals surface area contributed by atoms with Gasteiger partial charge < -0.3 is 0 Å². The van der Waals surface area contributed by atoms with Crippen molar-refractivity contribution in [1.82, 2.24) is 9.03 Å². The van der Waals surface area contributed by atoms with Crippen LogP contribution in [-0.2, 0) is 10.2 Å². The maximum absolute atomic E-state index is 11.7. The van der Waals surface area contributed by atoms with Crippen molar-refractivity contribution in [3.05, 3.63) is 0 Å². The molecular formula is C9H19BrN2O2S. The summed E-state index contributed by atoms with van der Waals surface area (Å²) in [4.78, 5) is 0. The average molecular weight is 299 g/mol. The van der Waals surface area contributed by atoms with Gasteiger partial charge >= 0.3 is 0 Å². The molecule has 0 saturated heterocycles. The van der Waals surface area contributed by atoms with Crippen LogP contribution in [0.2, 0.25) is 0 Å². The van der Waals surface area contributed by atoms with Gasteiger partial charge in [-0.3, -0.25) is 0 Å². The van der Waals surface area contributed by atoms with Crippen molar-refractivity contribution in [1.29, 1.82) is 0 Å². The van der Waals surface area contributed by atoms with E-state index in [-0.39, 0.29) is 6.04 Å². The molecule has 1 rings (SSSR count). The topological polar surface area (TPSA) is 49.4 Å². The minimum Gasteiger partial charge on any atom is -0.199 e. The van der Waals surface area contributed by atoms with Crippen LogP contribution in [0.5, 0.6) is 0 Å². The normalized spacial score (nSPS) is 28.3. The van der Waals surface area contributed by atoms with Crippen molar-refractivity contribution < 1.29 is 8.42 Å². The van der Waals surface area contributed by atoms with Gasteiger partial charge in [0.05, 0.1) is 0 Å². The molecule has 0 amide bonds. The molecule has 15 heavy (non-hydrogen) atoms. The largest absolute Gasteiger partial charge is 0.279 e. The van der Waals surface area contributed by atoms with Gasteiger partial charge in [-0.25, -0.2) is 0 Å². The molecule has 1 fully saturated rings. The van der Waals surface area contributed by atoms with E-state index in [2.05, 4.69) is 20.7 Å². The van der Waals surface area contributed by atoms with Crippen molar-refractivity contribution >= 4 is 26.1 Å². The van der Waals surface area contributed by atoms with Crippen molar-refractivity contribution in [3.8, 4) is 0 Å². The van der Waals surface area contributed by atoms with E-state index in [4.69, 9.17) is 0 Å². The minimum atomic E-state index is -3.28. The van der Waals surface area contributed by atoms with E-state index >= 15 is 0 Å². The molecule has 0 aromatic heterocycles. The summed E-state index contributed by atoms with van der Waals surface area (Å²) in [6.45, 7) is 0. The Labute approximate surface area is 101 Å². The van der Waals surface area contributed by atoms with E-state index in [9.17, 15) is 8.42 Å². The lowest BCUT2D eigenvalue weighted by molar-refractivity contribution is 0.312. The molecule has 1 saturated carbocycles. The molecule has 1 aliphatic rings. The fourth-order valence-electron chi connectivity index (χ4n) is 1.84. The standard InChI is InChI=1S/C9H19BrN2O2S/c1-12(2)15(13,14)11-9-6-4-3-5-8(9)7-10/h8-9,11H,3-7H2,1-2H3. The molecule has 0 aromatic rings. The molecule has 0 radical (unpaired) electrons. The van der Waals surface area contributed by atoms with E-state index < -0.39 is 10.2 Å². The van der Waals surface area contributed by atoms with Gasteiger partial charge in [0.2, 0.25) is 0 Å². The molecule has 0 bridgehead atoms. The van der Waals surface area contributed by atoms with Crippen LogP contribution < -0.4 is 4.72 Å². The summed E-state index contributed by atoms with van der Waals surface area (Å²) >= 11 is 3.45. The zero-order valence-corrected chi connectivity index (χ0v) is 11.6. The second kappa shape index (κ2) is 5.61. The van der Waals surface area contributed by atoms with Gasteiger partial charge in [0, 0.05) is 25.5 Å². The van der Waals surface area contributed by atoms with Gasteiger partial charge in [0.25, 0.3) is 10.2 Å². The molecule has 2 unspecified atom stereocenters. The lowest BCUT2D eigenvalue weighted by atomic mass is 9.87. The lowest BCUT2D eigenvalue weighted by Crippen LogP contribution is -2.47. The van der Waals surface area contributed by atoms with Gasteiger partial charge in [0.1, 0.15) is 0 Å². The summed E-state index contributed by atoms with van der Waals surface area (Å²) < 4.78 is 27.3. The fourth-order valence-corrected chi connectivity index (χ4v) is 3.52. The van der Waals surface area contributed by atoms with Crippen molar-refractivity contribution in [3.63, 3.8) is 0 Å². The third-order valence-electron chi connectivity index (χ3n) is 2.89. The van der Waals surface area contributed by atoms with Crippen LogP contribution in [0, 0.1) is 5.92 Å². The molecule has 0 aromatic carbocycles. The van der Waals surface area contributed by atoms with Crippen molar-refractivity contribution in [2.24, 2.45) is 5.92 Å². The molecule has 0 heterocycles. The van der Waals surface area contributed by atoms with E-state index in [1.54, 1.807) is 14.1 Å². The predicted octanol–water partition coefficient (Wildman–Crippen LogP) is 1.34. The highest BCUT2D eigenvalue weighted by atomic mass is 79.9. The molecule has 1 aliphatic carbocycles. The first-order chi connectivity index (χ1) is 6.97. The monoisotopic (exact) mass is 298 g/mol. The maximum Gasteiger partial charge on any atom is 0.279 e. The molecule has 1 N–H and O–H groups in total. The second-order valence-corrected chi connectivity index (χ2v) is 6.77. The lowest BCUT2D eigenvalue weighted by Gasteiger charge is -2.31. The summed E-state index contributed by atoms with van der Waals surface area (Å²) in [6.07, 6.45) is 4.37. The van der Waals surface area contributed by atoms with Crippen LogP contribution >= 0.6 is 15.9 Å². The van der Waals surface area contributed by atoms with Crippen LogP contribution in [0.1, 0.15) is 25.7 Å². The molecule has 6 heteroatoms. The summed E-state index contributed by atoms with van der Waals surface area (Å²) in [5, 5.41) is 0.869. The molecule has 90 valence electrons. The highest BCUT2D eigenvalue weighted by molar-refractivity contribution is 9.09. The molecule has 2 atom stereocenters. The molecule has 0 aliphatic heterocycles. The first-order valence-corrected chi connectivity index (χ1v) is 7.79. The molecular weight excluding hydrogens is 280 g/mol. The number of halogens is 1. The third-order valence-corrected chi connectivity index (χ3v) is 5.28. The summed E-state index contributed by atoms with van der Waals surface area (Å²) in [7, 11) is -0.179. The van der Waals surface area contributed by atoms with Gasteiger partial charge in [-0.1, -0.05) is 28.8 Å². The molecule has 0 spiro atoms. The highest BCUT2D eigenvalue weighted by Crippen LogP contribution is 2.26. The third kappa shape index (κ3) is 3.69. The molecule has 4 nitrogen and oxygen atoms in total. The zero-order chi connectivity index (χ0) is 11.5. The Morgan fingerprint density at radius 2 is 1.93 bits per heavy atom. The predicted molar refractivity (Wildman–Crippen MR) is 65.3 cm³/mol. The number of hydrogen-bond acceptors (Lipinski definition) is 2. The number of rotatable bonds is 4. The Bertz CT molecular complexity index is 292.